The molecule has 0 saturated heterocycles. The molecule has 0 bridgehead atoms. The maximum atomic E-state index is 10.9. The lowest BCUT2D eigenvalue weighted by Crippen LogP contribution is -2.30. The molecule has 7 heteroatoms. The Labute approximate surface area is 147 Å². The van der Waals surface area contributed by atoms with Crippen LogP contribution in [0.15, 0.2) is 12.1 Å². The van der Waals surface area contributed by atoms with Gasteiger partial charge in [0, 0.05) is 23.2 Å². The molecule has 1 aliphatic rings. The van der Waals surface area contributed by atoms with Crippen LogP contribution in [0, 0.1) is 0 Å². The summed E-state index contributed by atoms with van der Waals surface area (Å²) >= 11 is 12.2. The molecule has 0 heterocycles. The molecule has 124 valence electrons. The molecule has 22 heavy (non-hydrogen) atoms. The van der Waals surface area contributed by atoms with Gasteiger partial charge in [0.15, 0.2) is 6.61 Å². The van der Waals surface area contributed by atoms with E-state index in [-0.39, 0.29) is 19.0 Å². The molecule has 1 aliphatic carbocycles. The Morgan fingerprint density at radius 2 is 1.95 bits per heavy atom. The van der Waals surface area contributed by atoms with E-state index in [0.29, 0.717) is 28.4 Å². The van der Waals surface area contributed by atoms with Crippen LogP contribution in [0.1, 0.15) is 37.7 Å². The number of halogens is 3. The number of nitrogens with one attached hydrogen (secondary N) is 1. The zero-order valence-corrected chi connectivity index (χ0v) is 14.6. The average Bonchev–Trinajstić information content (AvgIpc) is 2.44. The standard InChI is InChI=1S/C15H20Cl2N2O2.ClH/c16-11-6-10(8-19-12-4-2-1-3-5-12)15(13(17)7-11)21-9-14(18)20;/h6-7,12,19H,1-5,8-9H2,(H2,18,20);1H. The third-order valence-corrected chi connectivity index (χ3v) is 4.13. The van der Waals surface area contributed by atoms with Crippen LogP contribution in [0.5, 0.6) is 5.75 Å². The van der Waals surface area contributed by atoms with Crippen molar-refractivity contribution in [1.82, 2.24) is 5.32 Å². The third-order valence-electron chi connectivity index (χ3n) is 3.63. The summed E-state index contributed by atoms with van der Waals surface area (Å²) in [4.78, 5) is 10.9. The van der Waals surface area contributed by atoms with E-state index in [2.05, 4.69) is 5.32 Å². The van der Waals surface area contributed by atoms with Gasteiger partial charge in [-0.25, -0.2) is 0 Å². The summed E-state index contributed by atoms with van der Waals surface area (Å²) in [5.74, 6) is -0.0598. The van der Waals surface area contributed by atoms with Gasteiger partial charge in [-0.2, -0.15) is 0 Å². The Morgan fingerprint density at radius 3 is 2.59 bits per heavy atom. The van der Waals surface area contributed by atoms with Gasteiger partial charge >= 0.3 is 0 Å². The van der Waals surface area contributed by atoms with E-state index in [4.69, 9.17) is 33.7 Å². The lowest BCUT2D eigenvalue weighted by atomic mass is 9.95. The minimum atomic E-state index is -0.535. The van der Waals surface area contributed by atoms with E-state index >= 15 is 0 Å². The minimum Gasteiger partial charge on any atom is -0.482 e. The fraction of sp³-hybridized carbons (Fsp3) is 0.533. The van der Waals surface area contributed by atoms with Crippen molar-refractivity contribution in [2.75, 3.05) is 6.61 Å². The van der Waals surface area contributed by atoms with Crippen molar-refractivity contribution in [3.8, 4) is 5.75 Å². The predicted octanol–water partition coefficient (Wildman–Crippen LogP) is 3.70. The van der Waals surface area contributed by atoms with Crippen LogP contribution >= 0.6 is 35.6 Å². The molecular weight excluding hydrogens is 347 g/mol. The first-order valence-corrected chi connectivity index (χ1v) is 7.94. The third kappa shape index (κ3) is 5.84. The highest BCUT2D eigenvalue weighted by Gasteiger charge is 2.16. The number of ether oxygens (including phenoxy) is 1. The zero-order chi connectivity index (χ0) is 15.2. The van der Waals surface area contributed by atoms with Gasteiger partial charge in [-0.3, -0.25) is 4.79 Å². The van der Waals surface area contributed by atoms with Crippen LogP contribution in [0.4, 0.5) is 0 Å². The van der Waals surface area contributed by atoms with Crippen molar-refractivity contribution < 1.29 is 9.53 Å². The number of benzene rings is 1. The van der Waals surface area contributed by atoms with Crippen LogP contribution in [0.25, 0.3) is 0 Å². The van der Waals surface area contributed by atoms with Gasteiger partial charge < -0.3 is 15.8 Å². The summed E-state index contributed by atoms with van der Waals surface area (Å²) in [6.07, 6.45) is 6.21. The number of rotatable bonds is 6. The molecule has 1 aromatic carbocycles. The summed E-state index contributed by atoms with van der Waals surface area (Å²) in [6, 6.07) is 3.92. The quantitative estimate of drug-likeness (QED) is 0.805. The summed E-state index contributed by atoms with van der Waals surface area (Å²) in [5.41, 5.74) is 5.96. The summed E-state index contributed by atoms with van der Waals surface area (Å²) in [7, 11) is 0. The summed E-state index contributed by atoms with van der Waals surface area (Å²) < 4.78 is 5.42. The average molecular weight is 368 g/mol. The molecular formula is C15H21Cl3N2O2. The van der Waals surface area contributed by atoms with Crippen LogP contribution in [0.2, 0.25) is 10.0 Å². The molecule has 0 unspecified atom stereocenters. The van der Waals surface area contributed by atoms with Crippen molar-refractivity contribution in [2.24, 2.45) is 5.73 Å². The van der Waals surface area contributed by atoms with Crippen molar-refractivity contribution in [3.05, 3.63) is 27.7 Å². The first-order valence-electron chi connectivity index (χ1n) is 7.18. The maximum Gasteiger partial charge on any atom is 0.255 e. The Balaban J connectivity index is 0.00000242. The molecule has 2 rings (SSSR count). The lowest BCUT2D eigenvalue weighted by molar-refractivity contribution is -0.119. The lowest BCUT2D eigenvalue weighted by Gasteiger charge is -2.23. The second-order valence-corrected chi connectivity index (χ2v) is 6.19. The van der Waals surface area contributed by atoms with Gasteiger partial charge in [-0.1, -0.05) is 42.5 Å². The van der Waals surface area contributed by atoms with Crippen molar-refractivity contribution in [3.63, 3.8) is 0 Å². The van der Waals surface area contributed by atoms with E-state index in [1.807, 2.05) is 0 Å². The molecule has 1 aromatic rings. The van der Waals surface area contributed by atoms with Crippen LogP contribution in [-0.2, 0) is 11.3 Å². The molecule has 1 saturated carbocycles. The monoisotopic (exact) mass is 366 g/mol. The summed E-state index contributed by atoms with van der Waals surface area (Å²) in [6.45, 7) is 0.414. The SMILES string of the molecule is Cl.NC(=O)COc1c(Cl)cc(Cl)cc1CNC1CCCCC1. The first-order chi connectivity index (χ1) is 10.1. The van der Waals surface area contributed by atoms with E-state index in [1.165, 1.54) is 32.1 Å². The highest BCUT2D eigenvalue weighted by Crippen LogP contribution is 2.32. The first kappa shape index (κ1) is 19.4. The number of hydrogen-bond donors (Lipinski definition) is 2. The molecule has 0 atom stereocenters. The number of primary amides is 1. The fourth-order valence-electron chi connectivity index (χ4n) is 2.61. The second-order valence-electron chi connectivity index (χ2n) is 5.35. The van der Waals surface area contributed by atoms with Crippen molar-refractivity contribution in [1.29, 1.82) is 0 Å². The predicted molar refractivity (Wildman–Crippen MR) is 92.1 cm³/mol. The Hall–Kier alpha value is -0.680. The van der Waals surface area contributed by atoms with Crippen LogP contribution in [0.3, 0.4) is 0 Å². The number of nitrogens with two attached hydrogens (primary N) is 1. The Kier molecular flexibility index (Phi) is 8.33. The molecule has 0 aliphatic heterocycles. The number of amides is 1. The smallest absolute Gasteiger partial charge is 0.255 e. The normalized spacial score (nSPS) is 15.2. The van der Waals surface area contributed by atoms with Crippen molar-refractivity contribution in [2.45, 2.75) is 44.7 Å². The Morgan fingerprint density at radius 1 is 1.27 bits per heavy atom. The summed E-state index contributed by atoms with van der Waals surface area (Å²) in [5, 5.41) is 4.45. The van der Waals surface area contributed by atoms with E-state index < -0.39 is 5.91 Å². The van der Waals surface area contributed by atoms with Gasteiger partial charge in [-0.15, -0.1) is 12.4 Å². The molecule has 0 spiro atoms. The molecule has 0 aromatic heterocycles. The van der Waals surface area contributed by atoms with E-state index in [0.717, 1.165) is 5.56 Å². The van der Waals surface area contributed by atoms with Crippen molar-refractivity contribution >= 4 is 41.5 Å². The zero-order valence-electron chi connectivity index (χ0n) is 12.2. The van der Waals surface area contributed by atoms with Gasteiger partial charge in [0.25, 0.3) is 5.91 Å². The topological polar surface area (TPSA) is 64.4 Å². The Bertz CT molecular complexity index is 506. The van der Waals surface area contributed by atoms with Gasteiger partial charge in [-0.05, 0) is 25.0 Å². The van der Waals surface area contributed by atoms with E-state index in [9.17, 15) is 4.79 Å². The molecule has 4 nitrogen and oxygen atoms in total. The number of carbonyl (C=O) groups excluding carboxylic acids is 1. The molecule has 1 fully saturated rings. The molecule has 0 radical (unpaired) electrons. The fourth-order valence-corrected chi connectivity index (χ4v) is 3.20. The highest BCUT2D eigenvalue weighted by molar-refractivity contribution is 6.35. The van der Waals surface area contributed by atoms with Crippen LogP contribution < -0.4 is 15.8 Å². The molecule has 3 N–H and O–H groups in total. The number of hydrogen-bond acceptors (Lipinski definition) is 3. The van der Waals surface area contributed by atoms with Gasteiger partial charge in [0.05, 0.1) is 5.02 Å². The van der Waals surface area contributed by atoms with Gasteiger partial charge in [0.1, 0.15) is 5.75 Å². The maximum absolute atomic E-state index is 10.9. The molecule has 1 amide bonds. The largest absolute Gasteiger partial charge is 0.482 e. The van der Waals surface area contributed by atoms with Crippen LogP contribution in [-0.4, -0.2) is 18.6 Å². The van der Waals surface area contributed by atoms with E-state index in [1.54, 1.807) is 12.1 Å². The highest BCUT2D eigenvalue weighted by atomic mass is 35.5. The minimum absolute atomic E-state index is 0. The number of carbonyl (C=O) groups is 1. The second kappa shape index (κ2) is 9.46. The van der Waals surface area contributed by atoms with Gasteiger partial charge in [0.2, 0.25) is 0 Å².